The molecule has 0 spiro atoms. The molecule has 42 heavy (non-hydrogen) atoms. The van der Waals surface area contributed by atoms with Crippen molar-refractivity contribution in [3.05, 3.63) is 71.3 Å². The molecular formula is C28H28F4N4O5S. The zero-order chi connectivity index (χ0) is 30.4. The molecule has 2 N–H and O–H groups in total. The number of ether oxygens (including phenoxy) is 1. The number of carbonyl (C=O) groups is 2. The minimum absolute atomic E-state index is 0.0202. The van der Waals surface area contributed by atoms with Crippen molar-refractivity contribution in [3.63, 3.8) is 0 Å². The Kier molecular flexibility index (Phi) is 7.77. The molecule has 2 saturated carbocycles. The number of methoxy groups -OCH3 is 1. The maximum absolute atomic E-state index is 14.9. The van der Waals surface area contributed by atoms with E-state index in [1.54, 1.807) is 24.1 Å². The zero-order valence-corrected chi connectivity index (χ0v) is 23.4. The Bertz CT molecular complexity index is 1640. The summed E-state index contributed by atoms with van der Waals surface area (Å²) in [6.07, 6.45) is 5.68. The smallest absolute Gasteiger partial charge is 0.496 e. The molecule has 0 aliphatic heterocycles. The van der Waals surface area contributed by atoms with Crippen LogP contribution in [0.4, 0.5) is 23.2 Å². The van der Waals surface area contributed by atoms with E-state index in [0.29, 0.717) is 6.42 Å². The number of fused-ring (bicyclic) bond motifs is 2. The van der Waals surface area contributed by atoms with E-state index in [0.717, 1.165) is 42.7 Å². The highest BCUT2D eigenvalue weighted by molar-refractivity contribution is 7.92. The summed E-state index contributed by atoms with van der Waals surface area (Å²) in [5.41, 5.74) is -4.52. The number of hydrogen-bond donors (Lipinski definition) is 2. The van der Waals surface area contributed by atoms with Gasteiger partial charge in [0.1, 0.15) is 11.6 Å². The van der Waals surface area contributed by atoms with Crippen LogP contribution in [-0.2, 0) is 28.1 Å². The van der Waals surface area contributed by atoms with Crippen LogP contribution in [0, 0.1) is 23.6 Å². The van der Waals surface area contributed by atoms with Gasteiger partial charge in [0.25, 0.3) is 15.7 Å². The van der Waals surface area contributed by atoms with E-state index in [-0.39, 0.29) is 40.8 Å². The second kappa shape index (κ2) is 11.0. The van der Waals surface area contributed by atoms with Crippen molar-refractivity contribution < 1.29 is 40.3 Å². The highest BCUT2D eigenvalue weighted by Gasteiger charge is 2.52. The standard InChI is InChI=1S/C28H28F4N4O5S/c1-36-14-15(13-33-36)8-18-10-21(23(41-2)12-22(18)29)26(37)35-25-17-7-6-16(9-17)24(25)27(38)34-19-4-3-5-20(11-19)42(39,40)28(30,31)32/h3-5,10-14,16-17,24-25H,6-9H2,1-2H3,(H,34,38)(H,35,37)/t16-,17+,24+,25-/m1/s1. The van der Waals surface area contributed by atoms with Gasteiger partial charge < -0.3 is 15.4 Å². The average Bonchev–Trinajstić information content (AvgIpc) is 3.65. The lowest BCUT2D eigenvalue weighted by Crippen LogP contribution is -2.48. The van der Waals surface area contributed by atoms with Crippen LogP contribution >= 0.6 is 0 Å². The SMILES string of the molecule is COc1cc(F)c(Cc2cnn(C)c2)cc1C(=O)N[C@@H]1[C@H]2CC[C@H](C2)[C@@H]1C(=O)Nc1cccc(S(=O)(=O)C(F)(F)F)c1. The van der Waals surface area contributed by atoms with Crippen LogP contribution < -0.4 is 15.4 Å². The van der Waals surface area contributed by atoms with Gasteiger partial charge in [-0.3, -0.25) is 14.3 Å². The van der Waals surface area contributed by atoms with Crippen molar-refractivity contribution >= 4 is 27.3 Å². The normalized spacial score (nSPS) is 21.8. The minimum Gasteiger partial charge on any atom is -0.496 e. The molecule has 9 nitrogen and oxygen atoms in total. The Hall–Kier alpha value is -3.94. The first-order chi connectivity index (χ1) is 19.8. The Labute approximate surface area is 239 Å². The summed E-state index contributed by atoms with van der Waals surface area (Å²) in [6, 6.07) is 5.90. The number of aryl methyl sites for hydroxylation is 1. The first-order valence-electron chi connectivity index (χ1n) is 13.2. The quantitative estimate of drug-likeness (QED) is 0.370. The number of nitrogens with one attached hydrogen (secondary N) is 2. The van der Waals surface area contributed by atoms with E-state index in [4.69, 9.17) is 4.74 Å². The third kappa shape index (κ3) is 5.59. The third-order valence-corrected chi connectivity index (χ3v) is 9.48. The summed E-state index contributed by atoms with van der Waals surface area (Å²) in [5.74, 6) is -2.46. The summed E-state index contributed by atoms with van der Waals surface area (Å²) in [7, 11) is -2.56. The lowest BCUT2D eigenvalue weighted by Gasteiger charge is -2.31. The van der Waals surface area contributed by atoms with Crippen LogP contribution in [0.5, 0.6) is 5.75 Å². The molecule has 4 atom stereocenters. The van der Waals surface area contributed by atoms with Crippen molar-refractivity contribution in [1.82, 2.24) is 15.1 Å². The Morgan fingerprint density at radius 2 is 1.88 bits per heavy atom. The fourth-order valence-corrected chi connectivity index (χ4v) is 6.88. The van der Waals surface area contributed by atoms with E-state index >= 15 is 0 Å². The number of aromatic nitrogens is 2. The van der Waals surface area contributed by atoms with Gasteiger partial charge in [0.15, 0.2) is 0 Å². The van der Waals surface area contributed by atoms with Crippen molar-refractivity contribution in [2.75, 3.05) is 12.4 Å². The van der Waals surface area contributed by atoms with Crippen LogP contribution in [0.1, 0.15) is 40.7 Å². The number of benzene rings is 2. The van der Waals surface area contributed by atoms with Gasteiger partial charge in [-0.05, 0) is 66.5 Å². The minimum atomic E-state index is -5.60. The maximum Gasteiger partial charge on any atom is 0.501 e. The third-order valence-electron chi connectivity index (χ3n) is 8.00. The lowest BCUT2D eigenvalue weighted by molar-refractivity contribution is -0.122. The molecular weight excluding hydrogens is 580 g/mol. The summed E-state index contributed by atoms with van der Waals surface area (Å²) >= 11 is 0. The van der Waals surface area contributed by atoms with Crippen molar-refractivity contribution in [1.29, 1.82) is 0 Å². The molecule has 14 heteroatoms. The molecule has 5 rings (SSSR count). The number of sulfone groups is 1. The molecule has 2 bridgehead atoms. The van der Waals surface area contributed by atoms with Gasteiger partial charge in [-0.1, -0.05) is 6.07 Å². The predicted molar refractivity (Wildman–Crippen MR) is 143 cm³/mol. The molecule has 2 aliphatic rings. The lowest BCUT2D eigenvalue weighted by atomic mass is 9.83. The van der Waals surface area contributed by atoms with Crippen LogP contribution in [0.3, 0.4) is 0 Å². The number of nitrogens with zero attached hydrogens (tertiary/aromatic N) is 2. The number of anilines is 1. The fraction of sp³-hybridized carbons (Fsp3) is 0.393. The van der Waals surface area contributed by atoms with E-state index in [2.05, 4.69) is 15.7 Å². The second-order valence-electron chi connectivity index (χ2n) is 10.7. The van der Waals surface area contributed by atoms with Gasteiger partial charge >= 0.3 is 5.51 Å². The summed E-state index contributed by atoms with van der Waals surface area (Å²) in [4.78, 5) is 25.9. The molecule has 0 saturated heterocycles. The van der Waals surface area contributed by atoms with E-state index in [1.165, 1.54) is 19.2 Å². The summed E-state index contributed by atoms with van der Waals surface area (Å²) < 4.78 is 84.5. The van der Waals surface area contributed by atoms with E-state index < -0.39 is 49.8 Å². The van der Waals surface area contributed by atoms with Gasteiger partial charge in [-0.2, -0.15) is 18.3 Å². The molecule has 0 radical (unpaired) electrons. The van der Waals surface area contributed by atoms with Crippen LogP contribution in [0.2, 0.25) is 0 Å². The van der Waals surface area contributed by atoms with Gasteiger partial charge in [0.05, 0.1) is 29.7 Å². The topological polar surface area (TPSA) is 119 Å². The van der Waals surface area contributed by atoms with Crippen molar-refractivity contribution in [3.8, 4) is 5.75 Å². The number of amides is 2. The van der Waals surface area contributed by atoms with E-state index in [9.17, 15) is 35.6 Å². The van der Waals surface area contributed by atoms with Gasteiger partial charge in [-0.25, -0.2) is 12.8 Å². The monoisotopic (exact) mass is 608 g/mol. The second-order valence-corrected chi connectivity index (χ2v) is 12.6. The summed E-state index contributed by atoms with van der Waals surface area (Å²) in [6.45, 7) is 0. The van der Waals surface area contributed by atoms with Crippen molar-refractivity contribution in [2.45, 2.75) is 42.1 Å². The highest BCUT2D eigenvalue weighted by Crippen LogP contribution is 2.49. The Balaban J connectivity index is 1.37. The molecule has 1 aromatic heterocycles. The average molecular weight is 609 g/mol. The number of hydrogen-bond acceptors (Lipinski definition) is 6. The maximum atomic E-state index is 14.9. The number of carbonyl (C=O) groups excluding carboxylic acids is 2. The van der Waals surface area contributed by atoms with Gasteiger partial charge in [0.2, 0.25) is 5.91 Å². The molecule has 1 heterocycles. The van der Waals surface area contributed by atoms with Gasteiger partial charge in [0, 0.05) is 37.5 Å². The molecule has 2 aromatic carbocycles. The Morgan fingerprint density at radius 1 is 1.14 bits per heavy atom. The predicted octanol–water partition coefficient (Wildman–Crippen LogP) is 4.24. The van der Waals surface area contributed by atoms with Crippen molar-refractivity contribution in [2.24, 2.45) is 24.8 Å². The molecule has 224 valence electrons. The molecule has 0 unspecified atom stereocenters. The largest absolute Gasteiger partial charge is 0.501 e. The molecule has 2 fully saturated rings. The van der Waals surface area contributed by atoms with E-state index in [1.807, 2.05) is 0 Å². The summed E-state index contributed by atoms with van der Waals surface area (Å²) in [5, 5.41) is 9.54. The number of alkyl halides is 3. The Morgan fingerprint density at radius 3 is 2.55 bits per heavy atom. The fourth-order valence-electron chi connectivity index (χ4n) is 6.07. The van der Waals surface area contributed by atoms with Gasteiger partial charge in [-0.15, -0.1) is 0 Å². The number of halogens is 4. The number of rotatable bonds is 8. The van der Waals surface area contributed by atoms with Crippen LogP contribution in [0.15, 0.2) is 53.7 Å². The zero-order valence-electron chi connectivity index (χ0n) is 22.6. The highest BCUT2D eigenvalue weighted by atomic mass is 32.2. The first kappa shape index (κ1) is 29.5. The first-order valence-corrected chi connectivity index (χ1v) is 14.6. The van der Waals surface area contributed by atoms with Crippen LogP contribution in [0.25, 0.3) is 0 Å². The molecule has 3 aromatic rings. The molecule has 2 aliphatic carbocycles. The molecule has 2 amide bonds. The van der Waals surface area contributed by atoms with Crippen LogP contribution in [-0.4, -0.2) is 48.7 Å².